The maximum Gasteiger partial charge on any atom is 0.419 e. The fourth-order valence-corrected chi connectivity index (χ4v) is 4.90. The van der Waals surface area contributed by atoms with E-state index in [0.717, 1.165) is 6.07 Å². The zero-order valence-corrected chi connectivity index (χ0v) is 23.5. The lowest BCUT2D eigenvalue weighted by Gasteiger charge is -2.30. The van der Waals surface area contributed by atoms with Crippen molar-refractivity contribution >= 4 is 17.3 Å². The predicted octanol–water partition coefficient (Wildman–Crippen LogP) is 6.28. The standard InChI is InChI=1S/C32H28F4N4O3/c1-3-6-24(41)14-16-39(28(42)18-22-10-13-26(33)25(17-22)32(34,35)36)20(2)30-29(23-11-8-21(19-37)9-12-23)31(43)40-15-5-4-7-27(40)38-30/h4-5,7-13,15,17,20H,3,6,14,16,18H2,1-2H3. The normalized spacial score (nSPS) is 12.1. The molecule has 7 nitrogen and oxygen atoms in total. The number of amides is 1. The summed E-state index contributed by atoms with van der Waals surface area (Å²) in [5.41, 5.74) is -0.478. The highest BCUT2D eigenvalue weighted by Crippen LogP contribution is 2.33. The van der Waals surface area contributed by atoms with E-state index in [0.29, 0.717) is 35.3 Å². The monoisotopic (exact) mass is 592 g/mol. The lowest BCUT2D eigenvalue weighted by Crippen LogP contribution is -2.38. The molecule has 0 saturated heterocycles. The molecule has 0 aliphatic rings. The molecular formula is C32H28F4N4O3. The minimum Gasteiger partial charge on any atom is -0.334 e. The summed E-state index contributed by atoms with van der Waals surface area (Å²) in [6, 6.07) is 14.7. The number of ketones is 1. The molecule has 0 spiro atoms. The zero-order valence-electron chi connectivity index (χ0n) is 23.5. The first kappa shape index (κ1) is 31.1. The van der Waals surface area contributed by atoms with E-state index >= 15 is 0 Å². The Hall–Kier alpha value is -4.85. The Balaban J connectivity index is 1.82. The minimum absolute atomic E-state index is 0.0140. The number of rotatable bonds is 10. The van der Waals surface area contributed by atoms with Crippen LogP contribution < -0.4 is 5.56 Å². The number of nitrogens with zero attached hydrogens (tertiary/aromatic N) is 4. The Morgan fingerprint density at radius 3 is 2.44 bits per heavy atom. The summed E-state index contributed by atoms with van der Waals surface area (Å²) < 4.78 is 55.3. The van der Waals surface area contributed by atoms with Gasteiger partial charge in [0.05, 0.1) is 40.9 Å². The zero-order chi connectivity index (χ0) is 31.3. The number of benzene rings is 2. The number of carbonyl (C=O) groups excluding carboxylic acids is 2. The van der Waals surface area contributed by atoms with E-state index in [9.17, 15) is 37.2 Å². The van der Waals surface area contributed by atoms with Crippen LogP contribution in [0.4, 0.5) is 17.6 Å². The molecule has 4 rings (SSSR count). The number of hydrogen-bond donors (Lipinski definition) is 0. The van der Waals surface area contributed by atoms with Crippen LogP contribution in [-0.4, -0.2) is 32.5 Å². The van der Waals surface area contributed by atoms with E-state index in [1.54, 1.807) is 55.6 Å². The van der Waals surface area contributed by atoms with Crippen LogP contribution in [-0.2, 0) is 22.2 Å². The maximum absolute atomic E-state index is 13.9. The van der Waals surface area contributed by atoms with Crippen molar-refractivity contribution in [3.8, 4) is 17.2 Å². The Morgan fingerprint density at radius 1 is 1.07 bits per heavy atom. The molecular weight excluding hydrogens is 564 g/mol. The largest absolute Gasteiger partial charge is 0.419 e. The van der Waals surface area contributed by atoms with Crippen molar-refractivity contribution < 1.29 is 27.2 Å². The van der Waals surface area contributed by atoms with E-state index in [2.05, 4.69) is 0 Å². The summed E-state index contributed by atoms with van der Waals surface area (Å²) >= 11 is 0. The topological polar surface area (TPSA) is 95.5 Å². The first-order chi connectivity index (χ1) is 20.4. The van der Waals surface area contributed by atoms with Gasteiger partial charge < -0.3 is 4.90 Å². The van der Waals surface area contributed by atoms with Gasteiger partial charge in [-0.2, -0.15) is 18.4 Å². The molecule has 1 unspecified atom stereocenters. The molecule has 1 amide bonds. The molecule has 2 aromatic heterocycles. The molecule has 2 aromatic carbocycles. The molecule has 43 heavy (non-hydrogen) atoms. The van der Waals surface area contributed by atoms with Crippen molar-refractivity contribution in [3.05, 3.63) is 105 Å². The molecule has 4 aromatic rings. The maximum atomic E-state index is 13.9. The first-order valence-corrected chi connectivity index (χ1v) is 13.6. The van der Waals surface area contributed by atoms with Gasteiger partial charge in [0.1, 0.15) is 17.2 Å². The number of hydrogen-bond acceptors (Lipinski definition) is 5. The lowest BCUT2D eigenvalue weighted by molar-refractivity contribution is -0.140. The summed E-state index contributed by atoms with van der Waals surface area (Å²) in [4.78, 5) is 46.0. The number of carbonyl (C=O) groups is 2. The third-order valence-electron chi connectivity index (χ3n) is 7.10. The number of alkyl halides is 3. The second-order valence-electron chi connectivity index (χ2n) is 10.1. The van der Waals surface area contributed by atoms with Crippen molar-refractivity contribution in [2.24, 2.45) is 0 Å². The van der Waals surface area contributed by atoms with Gasteiger partial charge in [0, 0.05) is 25.6 Å². The van der Waals surface area contributed by atoms with Gasteiger partial charge in [-0.05, 0) is 60.9 Å². The summed E-state index contributed by atoms with van der Waals surface area (Å²) in [5.74, 6) is -2.18. The van der Waals surface area contributed by atoms with E-state index in [4.69, 9.17) is 4.98 Å². The van der Waals surface area contributed by atoms with Crippen molar-refractivity contribution in [2.45, 2.75) is 51.7 Å². The fraction of sp³-hybridized carbons (Fsp3) is 0.281. The van der Waals surface area contributed by atoms with Crippen LogP contribution in [0.2, 0.25) is 0 Å². The molecule has 2 heterocycles. The minimum atomic E-state index is -4.95. The van der Waals surface area contributed by atoms with E-state index in [1.165, 1.54) is 9.30 Å². The second-order valence-corrected chi connectivity index (χ2v) is 10.1. The lowest BCUT2D eigenvalue weighted by atomic mass is 9.98. The summed E-state index contributed by atoms with van der Waals surface area (Å²) in [6.45, 7) is 3.39. The van der Waals surface area contributed by atoms with Crippen LogP contribution in [0.1, 0.15) is 61.5 Å². The number of halogens is 4. The van der Waals surface area contributed by atoms with Gasteiger partial charge in [-0.3, -0.25) is 18.8 Å². The van der Waals surface area contributed by atoms with Gasteiger partial charge in [-0.1, -0.05) is 31.2 Å². The number of nitriles is 1. The second kappa shape index (κ2) is 13.0. The Kier molecular flexibility index (Phi) is 9.39. The van der Waals surface area contributed by atoms with Gasteiger partial charge in [0.25, 0.3) is 5.56 Å². The molecule has 0 N–H and O–H groups in total. The number of fused-ring (bicyclic) bond motifs is 1. The Bertz CT molecular complexity index is 1760. The third kappa shape index (κ3) is 6.97. The molecule has 0 fully saturated rings. The summed E-state index contributed by atoms with van der Waals surface area (Å²) in [5, 5.41) is 9.23. The van der Waals surface area contributed by atoms with Crippen LogP contribution in [0.3, 0.4) is 0 Å². The number of aromatic nitrogens is 2. The predicted molar refractivity (Wildman–Crippen MR) is 151 cm³/mol. The van der Waals surface area contributed by atoms with Gasteiger partial charge in [0.2, 0.25) is 5.91 Å². The quantitative estimate of drug-likeness (QED) is 0.202. The van der Waals surface area contributed by atoms with E-state index in [-0.39, 0.29) is 42.0 Å². The number of pyridine rings is 1. The molecule has 222 valence electrons. The highest BCUT2D eigenvalue weighted by molar-refractivity contribution is 5.82. The Morgan fingerprint density at radius 2 is 1.79 bits per heavy atom. The molecule has 0 aliphatic carbocycles. The molecule has 1 atom stereocenters. The first-order valence-electron chi connectivity index (χ1n) is 13.6. The van der Waals surface area contributed by atoms with Crippen LogP contribution in [0.25, 0.3) is 16.8 Å². The smallest absolute Gasteiger partial charge is 0.334 e. The molecule has 0 bridgehead atoms. The van der Waals surface area contributed by atoms with E-state index < -0.39 is 41.5 Å². The van der Waals surface area contributed by atoms with Crippen LogP contribution >= 0.6 is 0 Å². The SMILES string of the molecule is CCCC(=O)CCN(C(=O)Cc1ccc(F)c(C(F)(F)F)c1)C(C)c1nc2ccccn2c(=O)c1-c1ccc(C#N)cc1. The van der Waals surface area contributed by atoms with Crippen molar-refractivity contribution in [2.75, 3.05) is 6.54 Å². The van der Waals surface area contributed by atoms with Crippen molar-refractivity contribution in [3.63, 3.8) is 0 Å². The summed E-state index contributed by atoms with van der Waals surface area (Å²) in [7, 11) is 0. The van der Waals surface area contributed by atoms with Crippen LogP contribution in [0.15, 0.2) is 71.7 Å². The third-order valence-corrected chi connectivity index (χ3v) is 7.10. The van der Waals surface area contributed by atoms with Gasteiger partial charge in [0.15, 0.2) is 0 Å². The molecule has 0 aliphatic heterocycles. The fourth-order valence-electron chi connectivity index (χ4n) is 4.90. The average Bonchev–Trinajstić information content (AvgIpc) is 2.97. The molecule has 11 heteroatoms. The van der Waals surface area contributed by atoms with Crippen LogP contribution in [0.5, 0.6) is 0 Å². The van der Waals surface area contributed by atoms with Crippen molar-refractivity contribution in [1.29, 1.82) is 5.26 Å². The van der Waals surface area contributed by atoms with E-state index in [1.807, 2.05) is 13.0 Å². The number of Topliss-reactive ketones (excluding diaryl/α,β-unsaturated/α-hetero) is 1. The highest BCUT2D eigenvalue weighted by Gasteiger charge is 2.35. The van der Waals surface area contributed by atoms with Gasteiger partial charge in [-0.15, -0.1) is 0 Å². The van der Waals surface area contributed by atoms with Crippen LogP contribution in [0, 0.1) is 17.1 Å². The Labute approximate surface area is 245 Å². The van der Waals surface area contributed by atoms with Gasteiger partial charge >= 0.3 is 6.18 Å². The average molecular weight is 593 g/mol. The van der Waals surface area contributed by atoms with Gasteiger partial charge in [-0.25, -0.2) is 9.37 Å². The molecule has 0 saturated carbocycles. The molecule has 0 radical (unpaired) electrons. The van der Waals surface area contributed by atoms with Crippen molar-refractivity contribution in [1.82, 2.24) is 14.3 Å². The summed E-state index contributed by atoms with van der Waals surface area (Å²) in [6.07, 6.45) is -3.03. The highest BCUT2D eigenvalue weighted by atomic mass is 19.4.